The number of nitrogens with two attached hydrogens (primary N) is 2. The Balaban J connectivity index is 1.59. The normalized spacial score (nSPS) is 11.0. The molecular weight excluding hydrogens is 550 g/mol. The van der Waals surface area contributed by atoms with Crippen molar-refractivity contribution in [3.63, 3.8) is 0 Å². The number of carbonyl (C=O) groups is 2. The maximum Gasteiger partial charge on any atom is 0.414 e. The Hall–Kier alpha value is -5.66. The van der Waals surface area contributed by atoms with Gasteiger partial charge in [0.2, 0.25) is 0 Å². The number of nitrogen functional groups attached to an aromatic ring is 2. The fraction of sp³-hybridized carbons (Fsp3) is 0.143. The summed E-state index contributed by atoms with van der Waals surface area (Å²) in [7, 11) is 2.40. The number of ether oxygens (including phenoxy) is 2. The van der Waals surface area contributed by atoms with Crippen LogP contribution in [0.25, 0.3) is 17.0 Å². The van der Waals surface area contributed by atoms with Gasteiger partial charge in [-0.3, -0.25) is 4.90 Å². The second-order valence-electron chi connectivity index (χ2n) is 9.00. The highest BCUT2D eigenvalue weighted by Gasteiger charge is 2.27. The van der Waals surface area contributed by atoms with Crippen LogP contribution in [0.2, 0.25) is 0 Å². The molecule has 5 aromatic rings. The lowest BCUT2D eigenvalue weighted by atomic mass is 10.1. The standard InChI is InChI=1S/C28H24F2N8O4/c1-41-26(39)18-9-5-3-8-16(18)14-37(28(40)42-2)23-24(31)34-27(35-25(23)32)38-21-12-17(29)13-33-22(21)20(36-38)11-15-7-4-6-10-19(15)30/h3-10,12-13H,11,14H2,1-2H3,(H4,31,32,34,35). The van der Waals surface area contributed by atoms with Gasteiger partial charge in [-0.2, -0.15) is 19.7 Å². The van der Waals surface area contributed by atoms with E-state index in [1.54, 1.807) is 36.4 Å². The summed E-state index contributed by atoms with van der Waals surface area (Å²) in [5, 5.41) is 4.48. The molecule has 2 aromatic carbocycles. The van der Waals surface area contributed by atoms with Gasteiger partial charge in [0.15, 0.2) is 11.6 Å². The maximum atomic E-state index is 14.4. The van der Waals surface area contributed by atoms with E-state index in [0.29, 0.717) is 22.3 Å². The summed E-state index contributed by atoms with van der Waals surface area (Å²) in [6, 6.07) is 13.8. The molecule has 4 N–H and O–H groups in total. The van der Waals surface area contributed by atoms with Crippen molar-refractivity contribution in [2.75, 3.05) is 30.6 Å². The lowest BCUT2D eigenvalue weighted by Gasteiger charge is -2.24. The number of methoxy groups -OCH3 is 2. The van der Waals surface area contributed by atoms with E-state index < -0.39 is 23.7 Å². The van der Waals surface area contributed by atoms with Gasteiger partial charge in [-0.1, -0.05) is 36.4 Å². The Labute approximate surface area is 237 Å². The molecule has 12 nitrogen and oxygen atoms in total. The smallest absolute Gasteiger partial charge is 0.414 e. The van der Waals surface area contributed by atoms with Gasteiger partial charge in [0.05, 0.1) is 43.7 Å². The Kier molecular flexibility index (Phi) is 7.60. The summed E-state index contributed by atoms with van der Waals surface area (Å²) >= 11 is 0. The van der Waals surface area contributed by atoms with Crippen molar-refractivity contribution >= 4 is 40.4 Å². The van der Waals surface area contributed by atoms with Crippen LogP contribution >= 0.6 is 0 Å². The molecule has 1 amide bonds. The third-order valence-corrected chi connectivity index (χ3v) is 6.40. The molecule has 0 aliphatic heterocycles. The number of carbonyl (C=O) groups excluding carboxylic acids is 2. The Morgan fingerprint density at radius 2 is 1.62 bits per heavy atom. The Morgan fingerprint density at radius 1 is 0.952 bits per heavy atom. The van der Waals surface area contributed by atoms with Crippen LogP contribution in [0, 0.1) is 11.6 Å². The molecule has 0 spiro atoms. The summed E-state index contributed by atoms with van der Waals surface area (Å²) in [6.45, 7) is -0.193. The van der Waals surface area contributed by atoms with Gasteiger partial charge in [0.1, 0.15) is 22.8 Å². The zero-order valence-electron chi connectivity index (χ0n) is 22.4. The molecule has 14 heteroatoms. The number of esters is 1. The van der Waals surface area contributed by atoms with Crippen molar-refractivity contribution in [3.8, 4) is 5.95 Å². The molecule has 5 rings (SSSR count). The van der Waals surface area contributed by atoms with Gasteiger partial charge < -0.3 is 20.9 Å². The monoisotopic (exact) mass is 574 g/mol. The summed E-state index contributed by atoms with van der Waals surface area (Å²) in [5.41, 5.74) is 14.3. The van der Waals surface area contributed by atoms with Crippen LogP contribution in [0.5, 0.6) is 0 Å². The molecule has 0 fully saturated rings. The van der Waals surface area contributed by atoms with Gasteiger partial charge in [0, 0.05) is 12.5 Å². The molecule has 0 aliphatic carbocycles. The van der Waals surface area contributed by atoms with Crippen LogP contribution < -0.4 is 16.4 Å². The zero-order valence-corrected chi connectivity index (χ0v) is 22.4. The number of aromatic nitrogens is 5. The van der Waals surface area contributed by atoms with E-state index >= 15 is 0 Å². The largest absolute Gasteiger partial charge is 0.465 e. The van der Waals surface area contributed by atoms with Crippen LogP contribution in [-0.2, 0) is 22.4 Å². The van der Waals surface area contributed by atoms with Gasteiger partial charge in [-0.15, -0.1) is 0 Å². The van der Waals surface area contributed by atoms with Gasteiger partial charge in [-0.05, 0) is 23.3 Å². The molecule has 3 aromatic heterocycles. The number of pyridine rings is 1. The lowest BCUT2D eigenvalue weighted by Crippen LogP contribution is -2.33. The predicted octanol–water partition coefficient (Wildman–Crippen LogP) is 3.80. The van der Waals surface area contributed by atoms with Crippen LogP contribution in [0.1, 0.15) is 27.2 Å². The Bertz CT molecular complexity index is 1800. The summed E-state index contributed by atoms with van der Waals surface area (Å²) in [5.74, 6) is -2.32. The number of benzene rings is 2. The molecule has 3 heterocycles. The fourth-order valence-corrected chi connectivity index (χ4v) is 4.46. The zero-order chi connectivity index (χ0) is 30.0. The lowest BCUT2D eigenvalue weighted by molar-refractivity contribution is 0.0599. The van der Waals surface area contributed by atoms with Crippen molar-refractivity contribution in [3.05, 3.63) is 94.8 Å². The summed E-state index contributed by atoms with van der Waals surface area (Å²) in [4.78, 5) is 39.0. The SMILES string of the molecule is COC(=O)c1ccccc1CN(C(=O)OC)c1c(N)nc(-n2nc(Cc3ccccc3F)c3ncc(F)cc32)nc1N. The summed E-state index contributed by atoms with van der Waals surface area (Å²) in [6.07, 6.45) is 0.215. The van der Waals surface area contributed by atoms with Crippen molar-refractivity contribution < 1.29 is 27.8 Å². The van der Waals surface area contributed by atoms with E-state index in [2.05, 4.69) is 20.1 Å². The van der Waals surface area contributed by atoms with Crippen molar-refractivity contribution in [2.45, 2.75) is 13.0 Å². The number of fused-ring (bicyclic) bond motifs is 1. The van der Waals surface area contributed by atoms with Gasteiger partial charge >= 0.3 is 12.1 Å². The first-order chi connectivity index (χ1) is 20.2. The van der Waals surface area contributed by atoms with Crippen LogP contribution in [0.15, 0.2) is 60.8 Å². The van der Waals surface area contributed by atoms with Crippen molar-refractivity contribution in [1.29, 1.82) is 0 Å². The number of amides is 1. The third-order valence-electron chi connectivity index (χ3n) is 6.40. The highest BCUT2D eigenvalue weighted by molar-refractivity contribution is 5.96. The molecule has 0 saturated heterocycles. The van der Waals surface area contributed by atoms with Crippen LogP contribution in [-0.4, -0.2) is 51.0 Å². The second kappa shape index (κ2) is 11.4. The highest BCUT2D eigenvalue weighted by atomic mass is 19.1. The molecular formula is C28H24F2N8O4. The second-order valence-corrected chi connectivity index (χ2v) is 9.00. The molecule has 214 valence electrons. The Morgan fingerprint density at radius 3 is 2.29 bits per heavy atom. The maximum absolute atomic E-state index is 14.4. The fourth-order valence-electron chi connectivity index (χ4n) is 4.46. The molecule has 0 unspecified atom stereocenters. The van der Waals surface area contributed by atoms with Crippen LogP contribution in [0.3, 0.4) is 0 Å². The van der Waals surface area contributed by atoms with E-state index in [9.17, 15) is 18.4 Å². The minimum absolute atomic E-state index is 0.0492. The quantitative estimate of drug-likeness (QED) is 0.273. The topological polar surface area (TPSA) is 164 Å². The van der Waals surface area contributed by atoms with Gasteiger partial charge in [0.25, 0.3) is 5.95 Å². The van der Waals surface area contributed by atoms with E-state index in [1.165, 1.54) is 30.0 Å². The van der Waals surface area contributed by atoms with E-state index in [-0.39, 0.29) is 47.3 Å². The number of halogens is 2. The van der Waals surface area contributed by atoms with E-state index in [0.717, 1.165) is 18.2 Å². The first-order valence-corrected chi connectivity index (χ1v) is 12.4. The first kappa shape index (κ1) is 27.9. The number of nitrogens with zero attached hydrogens (tertiary/aromatic N) is 6. The van der Waals surface area contributed by atoms with Gasteiger partial charge in [-0.25, -0.2) is 23.4 Å². The van der Waals surface area contributed by atoms with Crippen molar-refractivity contribution in [2.24, 2.45) is 0 Å². The molecule has 0 atom stereocenters. The number of anilines is 3. The molecule has 0 bridgehead atoms. The average molecular weight is 575 g/mol. The third kappa shape index (κ3) is 5.24. The van der Waals surface area contributed by atoms with E-state index in [4.69, 9.17) is 20.9 Å². The molecule has 0 saturated carbocycles. The highest BCUT2D eigenvalue weighted by Crippen LogP contribution is 2.32. The molecule has 42 heavy (non-hydrogen) atoms. The molecule has 0 aliphatic rings. The number of hydrogen-bond donors (Lipinski definition) is 2. The van der Waals surface area contributed by atoms with E-state index in [1.807, 2.05) is 0 Å². The van der Waals surface area contributed by atoms with Crippen molar-refractivity contribution in [1.82, 2.24) is 24.7 Å². The van der Waals surface area contributed by atoms with Crippen LogP contribution in [0.4, 0.5) is 30.9 Å². The molecule has 0 radical (unpaired) electrons. The number of rotatable bonds is 7. The predicted molar refractivity (Wildman–Crippen MR) is 149 cm³/mol. The minimum Gasteiger partial charge on any atom is -0.465 e. The minimum atomic E-state index is -0.854. The average Bonchev–Trinajstić information content (AvgIpc) is 3.33. The first-order valence-electron chi connectivity index (χ1n) is 12.4. The summed E-state index contributed by atoms with van der Waals surface area (Å²) < 4.78 is 39.6. The number of hydrogen-bond acceptors (Lipinski definition) is 10.